The predicted octanol–water partition coefficient (Wildman–Crippen LogP) is 1.69. The molecule has 0 radical (unpaired) electrons. The Morgan fingerprint density at radius 3 is 2.57 bits per heavy atom. The number of hydrogen-bond donors (Lipinski definition) is 1. The van der Waals surface area contributed by atoms with Gasteiger partial charge in [-0.15, -0.1) is 0 Å². The first kappa shape index (κ1) is 11.0. The first-order valence-corrected chi connectivity index (χ1v) is 4.78. The highest BCUT2D eigenvalue weighted by Gasteiger charge is 2.22. The number of aryl methyl sites for hydroxylation is 1. The molecule has 14 heavy (non-hydrogen) atoms. The van der Waals surface area contributed by atoms with Crippen LogP contribution in [-0.4, -0.2) is 16.3 Å². The predicted molar refractivity (Wildman–Crippen MR) is 60.0 cm³/mol. The van der Waals surface area contributed by atoms with E-state index in [4.69, 9.17) is 5.73 Å². The molecule has 0 aliphatic rings. The lowest BCUT2D eigenvalue weighted by Gasteiger charge is -2.17. The van der Waals surface area contributed by atoms with Crippen LogP contribution >= 0.6 is 0 Å². The van der Waals surface area contributed by atoms with Crippen LogP contribution in [0.25, 0.3) is 5.57 Å². The maximum Gasteiger partial charge on any atom is 0.0753 e. The molecule has 0 aromatic carbocycles. The van der Waals surface area contributed by atoms with E-state index in [1.807, 2.05) is 17.9 Å². The van der Waals surface area contributed by atoms with Gasteiger partial charge in [0, 0.05) is 30.8 Å². The average Bonchev–Trinajstić information content (AvgIpc) is 2.45. The Bertz CT molecular complexity index is 342. The molecule has 1 aromatic rings. The summed E-state index contributed by atoms with van der Waals surface area (Å²) >= 11 is 0. The fraction of sp³-hybridized carbons (Fsp3) is 0.545. The molecule has 0 saturated carbocycles. The van der Waals surface area contributed by atoms with Crippen molar-refractivity contribution in [2.24, 2.45) is 12.8 Å². The molecule has 3 heteroatoms. The smallest absolute Gasteiger partial charge is 0.0753 e. The summed E-state index contributed by atoms with van der Waals surface area (Å²) in [6.45, 7) is 10.9. The summed E-state index contributed by atoms with van der Waals surface area (Å²) in [7, 11) is 1.92. The van der Waals surface area contributed by atoms with Gasteiger partial charge in [0.15, 0.2) is 0 Å². The van der Waals surface area contributed by atoms with Gasteiger partial charge in [0.25, 0.3) is 0 Å². The monoisotopic (exact) mass is 193 g/mol. The molecule has 2 N–H and O–H groups in total. The van der Waals surface area contributed by atoms with Gasteiger partial charge in [-0.1, -0.05) is 27.4 Å². The van der Waals surface area contributed by atoms with Crippen LogP contribution in [-0.2, 0) is 12.5 Å². The highest BCUT2D eigenvalue weighted by molar-refractivity contribution is 5.66. The van der Waals surface area contributed by atoms with E-state index in [1.54, 1.807) is 0 Å². The van der Waals surface area contributed by atoms with E-state index in [2.05, 4.69) is 32.4 Å². The second-order valence-electron chi connectivity index (χ2n) is 4.62. The topological polar surface area (TPSA) is 43.8 Å². The summed E-state index contributed by atoms with van der Waals surface area (Å²) in [4.78, 5) is 0. The SMILES string of the molecule is C=C(CN)c1cn(C)nc1C(C)(C)C. The zero-order valence-corrected chi connectivity index (χ0v) is 9.46. The molecule has 1 aromatic heterocycles. The third kappa shape index (κ3) is 2.04. The summed E-state index contributed by atoms with van der Waals surface area (Å²) in [6.07, 6.45) is 1.98. The summed E-state index contributed by atoms with van der Waals surface area (Å²) in [5, 5.41) is 4.45. The van der Waals surface area contributed by atoms with Gasteiger partial charge < -0.3 is 5.73 Å². The van der Waals surface area contributed by atoms with E-state index in [0.717, 1.165) is 16.8 Å². The minimum Gasteiger partial charge on any atom is -0.326 e. The van der Waals surface area contributed by atoms with Crippen molar-refractivity contribution >= 4 is 5.57 Å². The Balaban J connectivity index is 3.23. The zero-order valence-electron chi connectivity index (χ0n) is 9.46. The first-order valence-electron chi connectivity index (χ1n) is 4.78. The average molecular weight is 193 g/mol. The van der Waals surface area contributed by atoms with Gasteiger partial charge in [-0.2, -0.15) is 5.10 Å². The van der Waals surface area contributed by atoms with Gasteiger partial charge in [0.05, 0.1) is 5.69 Å². The maximum absolute atomic E-state index is 5.59. The van der Waals surface area contributed by atoms with E-state index in [1.165, 1.54) is 0 Å². The molecule has 1 rings (SSSR count). The minimum absolute atomic E-state index is 0.0364. The second-order valence-corrected chi connectivity index (χ2v) is 4.62. The number of rotatable bonds is 2. The highest BCUT2D eigenvalue weighted by atomic mass is 15.3. The largest absolute Gasteiger partial charge is 0.326 e. The summed E-state index contributed by atoms with van der Waals surface area (Å²) in [5.41, 5.74) is 8.72. The molecule has 0 aliphatic carbocycles. The molecule has 0 saturated heterocycles. The van der Waals surface area contributed by atoms with E-state index in [-0.39, 0.29) is 5.41 Å². The van der Waals surface area contributed by atoms with Gasteiger partial charge >= 0.3 is 0 Å². The highest BCUT2D eigenvalue weighted by Crippen LogP contribution is 2.27. The van der Waals surface area contributed by atoms with Gasteiger partial charge in [-0.3, -0.25) is 4.68 Å². The van der Waals surface area contributed by atoms with E-state index in [0.29, 0.717) is 6.54 Å². The van der Waals surface area contributed by atoms with Crippen LogP contribution in [0.5, 0.6) is 0 Å². The Hall–Kier alpha value is -1.09. The van der Waals surface area contributed by atoms with E-state index >= 15 is 0 Å². The molecular weight excluding hydrogens is 174 g/mol. The van der Waals surface area contributed by atoms with Gasteiger partial charge in [0.2, 0.25) is 0 Å². The molecule has 0 fully saturated rings. The second kappa shape index (κ2) is 3.58. The van der Waals surface area contributed by atoms with Crippen molar-refractivity contribution in [3.8, 4) is 0 Å². The van der Waals surface area contributed by atoms with Crippen molar-refractivity contribution in [3.05, 3.63) is 24.0 Å². The Kier molecular flexibility index (Phi) is 2.81. The lowest BCUT2D eigenvalue weighted by molar-refractivity contribution is 0.552. The lowest BCUT2D eigenvalue weighted by atomic mass is 9.88. The van der Waals surface area contributed by atoms with Gasteiger partial charge in [-0.25, -0.2) is 0 Å². The number of aromatic nitrogens is 2. The van der Waals surface area contributed by atoms with Crippen molar-refractivity contribution < 1.29 is 0 Å². The summed E-state index contributed by atoms with van der Waals surface area (Å²) in [6, 6.07) is 0. The van der Waals surface area contributed by atoms with Crippen LogP contribution < -0.4 is 5.73 Å². The van der Waals surface area contributed by atoms with Crippen molar-refractivity contribution in [3.63, 3.8) is 0 Å². The van der Waals surface area contributed by atoms with E-state index in [9.17, 15) is 0 Å². The summed E-state index contributed by atoms with van der Waals surface area (Å²) < 4.78 is 1.82. The van der Waals surface area contributed by atoms with Gasteiger partial charge in [0.1, 0.15) is 0 Å². The molecular formula is C11H19N3. The maximum atomic E-state index is 5.59. The quantitative estimate of drug-likeness (QED) is 0.776. The molecule has 0 unspecified atom stereocenters. The Labute approximate surface area is 85.6 Å². The molecule has 0 atom stereocenters. The molecule has 0 bridgehead atoms. The first-order chi connectivity index (χ1) is 6.36. The molecule has 0 amide bonds. The molecule has 78 valence electrons. The third-order valence-corrected chi connectivity index (χ3v) is 2.17. The number of hydrogen-bond acceptors (Lipinski definition) is 2. The van der Waals surface area contributed by atoms with Crippen LogP contribution in [0.1, 0.15) is 32.0 Å². The van der Waals surface area contributed by atoms with Crippen molar-refractivity contribution in [1.29, 1.82) is 0 Å². The zero-order chi connectivity index (χ0) is 10.9. The molecule has 1 heterocycles. The summed E-state index contributed by atoms with van der Waals surface area (Å²) in [5.74, 6) is 0. The lowest BCUT2D eigenvalue weighted by Crippen LogP contribution is -2.15. The Morgan fingerprint density at radius 1 is 1.57 bits per heavy atom. The third-order valence-electron chi connectivity index (χ3n) is 2.17. The fourth-order valence-electron chi connectivity index (χ4n) is 1.41. The standard InChI is InChI=1S/C11H19N3/c1-8(6-12)9-7-14(5)13-10(9)11(2,3)4/h7H,1,6,12H2,2-5H3. The van der Waals surface area contributed by atoms with E-state index < -0.39 is 0 Å². The molecule has 3 nitrogen and oxygen atoms in total. The van der Waals surface area contributed by atoms with Crippen molar-refractivity contribution in [2.45, 2.75) is 26.2 Å². The van der Waals surface area contributed by atoms with Crippen LogP contribution in [0, 0.1) is 0 Å². The number of nitrogens with zero attached hydrogens (tertiary/aromatic N) is 2. The molecule has 0 aliphatic heterocycles. The minimum atomic E-state index is 0.0364. The van der Waals surface area contributed by atoms with Gasteiger partial charge in [-0.05, 0) is 5.57 Å². The molecule has 0 spiro atoms. The normalized spacial score (nSPS) is 11.8. The van der Waals surface area contributed by atoms with Crippen LogP contribution in [0.2, 0.25) is 0 Å². The van der Waals surface area contributed by atoms with Crippen molar-refractivity contribution in [2.75, 3.05) is 6.54 Å². The Morgan fingerprint density at radius 2 is 2.14 bits per heavy atom. The fourth-order valence-corrected chi connectivity index (χ4v) is 1.41. The number of nitrogens with two attached hydrogens (primary N) is 1. The van der Waals surface area contributed by atoms with Crippen LogP contribution in [0.15, 0.2) is 12.8 Å². The van der Waals surface area contributed by atoms with Crippen LogP contribution in [0.4, 0.5) is 0 Å². The van der Waals surface area contributed by atoms with Crippen LogP contribution in [0.3, 0.4) is 0 Å². The van der Waals surface area contributed by atoms with Crippen molar-refractivity contribution in [1.82, 2.24) is 9.78 Å².